The largest absolute Gasteiger partial charge is 0.465 e. The predicted molar refractivity (Wildman–Crippen MR) is 129 cm³/mol. The zero-order chi connectivity index (χ0) is 23.8. The van der Waals surface area contributed by atoms with E-state index < -0.39 is 5.54 Å². The van der Waals surface area contributed by atoms with Gasteiger partial charge in [-0.1, -0.05) is 60.6 Å². The van der Waals surface area contributed by atoms with E-state index in [-0.39, 0.29) is 17.6 Å². The summed E-state index contributed by atoms with van der Waals surface area (Å²) in [7, 11) is 0. The molecule has 0 aromatic heterocycles. The van der Waals surface area contributed by atoms with Crippen LogP contribution in [0, 0.1) is 17.3 Å². The van der Waals surface area contributed by atoms with Gasteiger partial charge in [-0.25, -0.2) is 0 Å². The number of nitrogens with one attached hydrogen (secondary N) is 2. The van der Waals surface area contributed by atoms with Crippen LogP contribution in [0.3, 0.4) is 0 Å². The molecule has 0 saturated heterocycles. The van der Waals surface area contributed by atoms with E-state index in [1.54, 1.807) is 0 Å². The Kier molecular flexibility index (Phi) is 10.5. The topological polar surface area (TPSA) is 59.6 Å². The quantitative estimate of drug-likeness (QED) is 0.344. The first kappa shape index (κ1) is 27.4. The van der Waals surface area contributed by atoms with Crippen LogP contribution < -0.4 is 15.4 Å². The third-order valence-electron chi connectivity index (χ3n) is 5.40. The van der Waals surface area contributed by atoms with Crippen LogP contribution in [-0.2, 0) is 9.53 Å². The van der Waals surface area contributed by atoms with Gasteiger partial charge in [-0.05, 0) is 61.6 Å². The second-order valence-corrected chi connectivity index (χ2v) is 10.9. The minimum Gasteiger partial charge on any atom is -0.465 e. The summed E-state index contributed by atoms with van der Waals surface area (Å²) in [5, 5.41) is 6.22. The predicted octanol–water partition coefficient (Wildman–Crippen LogP) is 5.35. The van der Waals surface area contributed by atoms with Crippen molar-refractivity contribution in [1.82, 2.24) is 10.6 Å². The lowest BCUT2D eigenvalue weighted by atomic mass is 9.70. The number of hydrogen-bond donors (Lipinski definition) is 2. The first-order chi connectivity index (χ1) is 14.2. The number of rotatable bonds is 12. The number of benzene rings is 1. The molecule has 178 valence electrons. The molecule has 5 heteroatoms. The summed E-state index contributed by atoms with van der Waals surface area (Å²) in [6, 6.07) is 8.38. The van der Waals surface area contributed by atoms with Crippen molar-refractivity contribution in [2.75, 3.05) is 19.7 Å². The number of ether oxygens (including phenoxy) is 2. The number of hydrogen-bond acceptors (Lipinski definition) is 4. The van der Waals surface area contributed by atoms with E-state index in [2.05, 4.69) is 71.2 Å². The molecule has 2 unspecified atom stereocenters. The highest BCUT2D eigenvalue weighted by atomic mass is 16.7. The number of carbonyl (C=O) groups is 1. The zero-order valence-corrected chi connectivity index (χ0v) is 21.5. The van der Waals surface area contributed by atoms with Crippen LogP contribution in [0.4, 0.5) is 0 Å². The Balaban J connectivity index is 2.48. The monoisotopic (exact) mass is 434 g/mol. The van der Waals surface area contributed by atoms with E-state index in [9.17, 15) is 4.79 Å². The molecule has 0 aliphatic rings. The third-order valence-corrected chi connectivity index (χ3v) is 5.40. The third kappa shape index (κ3) is 9.61. The maximum Gasteiger partial charge on any atom is 0.239 e. The van der Waals surface area contributed by atoms with E-state index in [1.807, 2.05) is 32.9 Å². The highest BCUT2D eigenvalue weighted by Gasteiger charge is 2.29. The van der Waals surface area contributed by atoms with E-state index in [4.69, 9.17) is 9.47 Å². The molecule has 0 fully saturated rings. The maximum atomic E-state index is 12.3. The summed E-state index contributed by atoms with van der Waals surface area (Å²) < 4.78 is 11.7. The first-order valence-electron chi connectivity index (χ1n) is 11.7. The SMILES string of the molecule is CC(C)CNC(=O)C(C)(C)NCCOC(C)Oc1ccc(C(C(C)C)C(C)(C)C)cc1. The lowest BCUT2D eigenvalue weighted by Crippen LogP contribution is -2.54. The molecule has 0 bridgehead atoms. The summed E-state index contributed by atoms with van der Waals surface area (Å²) in [6.07, 6.45) is -0.367. The molecule has 5 nitrogen and oxygen atoms in total. The molecule has 0 aliphatic carbocycles. The zero-order valence-electron chi connectivity index (χ0n) is 21.5. The van der Waals surface area contributed by atoms with Gasteiger partial charge < -0.3 is 20.1 Å². The number of amides is 1. The van der Waals surface area contributed by atoms with Crippen molar-refractivity contribution in [1.29, 1.82) is 0 Å². The molecule has 1 aromatic rings. The van der Waals surface area contributed by atoms with E-state index in [1.165, 1.54) is 5.56 Å². The van der Waals surface area contributed by atoms with Gasteiger partial charge >= 0.3 is 0 Å². The molecule has 31 heavy (non-hydrogen) atoms. The molecule has 2 atom stereocenters. The van der Waals surface area contributed by atoms with Gasteiger partial charge in [0.15, 0.2) is 6.29 Å². The summed E-state index contributed by atoms with van der Waals surface area (Å²) in [5.41, 5.74) is 0.906. The van der Waals surface area contributed by atoms with Crippen LogP contribution in [0.1, 0.15) is 80.7 Å². The highest BCUT2D eigenvalue weighted by molar-refractivity contribution is 5.85. The van der Waals surface area contributed by atoms with Crippen LogP contribution in [-0.4, -0.2) is 37.4 Å². The molecule has 0 spiro atoms. The van der Waals surface area contributed by atoms with Crippen LogP contribution in [0.25, 0.3) is 0 Å². The van der Waals surface area contributed by atoms with Gasteiger partial charge in [0.05, 0.1) is 12.1 Å². The second-order valence-electron chi connectivity index (χ2n) is 10.9. The highest BCUT2D eigenvalue weighted by Crippen LogP contribution is 2.40. The maximum absolute atomic E-state index is 12.3. The van der Waals surface area contributed by atoms with Gasteiger partial charge in [0.2, 0.25) is 5.91 Å². The normalized spacial score (nSPS) is 14.6. The fourth-order valence-electron chi connectivity index (χ4n) is 4.05. The van der Waals surface area contributed by atoms with Crippen molar-refractivity contribution in [3.05, 3.63) is 29.8 Å². The minimum atomic E-state index is -0.641. The molecule has 0 heterocycles. The summed E-state index contributed by atoms with van der Waals surface area (Å²) in [5.74, 6) is 2.29. The Bertz CT molecular complexity index is 660. The molecule has 0 saturated carbocycles. The molecular formula is C26H46N2O3. The Morgan fingerprint density at radius 3 is 2.03 bits per heavy atom. The lowest BCUT2D eigenvalue weighted by Gasteiger charge is -2.34. The lowest BCUT2D eigenvalue weighted by molar-refractivity contribution is -0.126. The van der Waals surface area contributed by atoms with Crippen LogP contribution in [0.15, 0.2) is 24.3 Å². The minimum absolute atomic E-state index is 0.000506. The average Bonchev–Trinajstić information content (AvgIpc) is 2.63. The summed E-state index contributed by atoms with van der Waals surface area (Å²) in [4.78, 5) is 12.3. The van der Waals surface area contributed by atoms with Crippen LogP contribution in [0.5, 0.6) is 5.75 Å². The Morgan fingerprint density at radius 1 is 0.968 bits per heavy atom. The molecule has 0 radical (unpaired) electrons. The average molecular weight is 435 g/mol. The van der Waals surface area contributed by atoms with Crippen molar-refractivity contribution < 1.29 is 14.3 Å². The molecule has 2 N–H and O–H groups in total. The van der Waals surface area contributed by atoms with E-state index in [0.717, 1.165) is 5.75 Å². The van der Waals surface area contributed by atoms with Crippen molar-refractivity contribution in [2.45, 2.75) is 87.0 Å². The fourth-order valence-corrected chi connectivity index (χ4v) is 4.05. The van der Waals surface area contributed by atoms with Gasteiger partial charge in [0, 0.05) is 13.1 Å². The molecular weight excluding hydrogens is 388 g/mol. The van der Waals surface area contributed by atoms with Crippen molar-refractivity contribution in [2.24, 2.45) is 17.3 Å². The molecule has 0 aliphatic heterocycles. The van der Waals surface area contributed by atoms with Crippen molar-refractivity contribution >= 4 is 5.91 Å². The summed E-state index contributed by atoms with van der Waals surface area (Å²) in [6.45, 7) is 22.9. The van der Waals surface area contributed by atoms with Crippen LogP contribution in [0.2, 0.25) is 0 Å². The Morgan fingerprint density at radius 2 is 1.55 bits per heavy atom. The standard InChI is InChI=1S/C26H46N2O3/c1-18(2)17-27-24(29)26(9,10)28-15-16-30-20(5)31-22-13-11-21(12-14-22)23(19(3)4)25(6,7)8/h11-14,18-20,23,28H,15-17H2,1-10H3,(H,27,29). The fraction of sp³-hybridized carbons (Fsp3) is 0.731. The smallest absolute Gasteiger partial charge is 0.239 e. The van der Waals surface area contributed by atoms with E-state index >= 15 is 0 Å². The van der Waals surface area contributed by atoms with Crippen LogP contribution >= 0.6 is 0 Å². The van der Waals surface area contributed by atoms with Gasteiger partial charge in [0.1, 0.15) is 5.75 Å². The van der Waals surface area contributed by atoms with Gasteiger partial charge in [-0.3, -0.25) is 4.79 Å². The summed E-state index contributed by atoms with van der Waals surface area (Å²) >= 11 is 0. The molecule has 1 aromatic carbocycles. The Labute approximate surface area is 190 Å². The van der Waals surface area contributed by atoms with Gasteiger partial charge in [-0.15, -0.1) is 0 Å². The Hall–Kier alpha value is -1.59. The van der Waals surface area contributed by atoms with E-state index in [0.29, 0.717) is 37.5 Å². The van der Waals surface area contributed by atoms with Gasteiger partial charge in [-0.2, -0.15) is 0 Å². The number of carbonyl (C=O) groups excluding carboxylic acids is 1. The second kappa shape index (κ2) is 11.9. The first-order valence-corrected chi connectivity index (χ1v) is 11.7. The van der Waals surface area contributed by atoms with Crippen molar-refractivity contribution in [3.8, 4) is 5.75 Å². The van der Waals surface area contributed by atoms with Gasteiger partial charge in [0.25, 0.3) is 0 Å². The van der Waals surface area contributed by atoms with Crippen molar-refractivity contribution in [3.63, 3.8) is 0 Å². The molecule has 1 rings (SSSR count). The molecule has 1 amide bonds.